The molecule has 0 amide bonds. The summed E-state index contributed by atoms with van der Waals surface area (Å²) >= 11 is 0. The second-order valence-electron chi connectivity index (χ2n) is 9.11. The van der Waals surface area contributed by atoms with E-state index in [9.17, 15) is 10.3 Å². The van der Waals surface area contributed by atoms with Crippen LogP contribution in [0.5, 0.6) is 5.88 Å². The van der Waals surface area contributed by atoms with E-state index in [1.54, 1.807) is 7.11 Å². The molecular weight excluding hydrogens is 408 g/mol. The number of fused-ring (bicyclic) bond motifs is 1. The van der Waals surface area contributed by atoms with Crippen molar-refractivity contribution < 1.29 is 9.84 Å². The first-order valence-corrected chi connectivity index (χ1v) is 11.7. The van der Waals surface area contributed by atoms with Crippen molar-refractivity contribution in [3.63, 3.8) is 0 Å². The Kier molecular flexibility index (Phi) is 5.67. The molecule has 1 saturated carbocycles. The molecule has 0 aromatic carbocycles. The summed E-state index contributed by atoms with van der Waals surface area (Å²) in [6, 6.07) is 3.92. The van der Waals surface area contributed by atoms with Crippen molar-refractivity contribution in [2.24, 2.45) is 7.05 Å². The fraction of sp³-hybridized carbons (Fsp3) is 0.609. The van der Waals surface area contributed by atoms with Gasteiger partial charge >= 0.3 is 0 Å². The highest BCUT2D eigenvalue weighted by molar-refractivity contribution is 5.66. The molecule has 2 aromatic rings. The summed E-state index contributed by atoms with van der Waals surface area (Å²) in [5.41, 5.74) is 1.70. The van der Waals surface area contributed by atoms with Gasteiger partial charge in [0.05, 0.1) is 13.2 Å². The first kappa shape index (κ1) is 21.1. The summed E-state index contributed by atoms with van der Waals surface area (Å²) in [6.07, 6.45) is 9.12. The zero-order valence-electron chi connectivity index (χ0n) is 18.9. The van der Waals surface area contributed by atoms with E-state index in [2.05, 4.69) is 4.90 Å². The number of aliphatic hydroxyl groups is 1. The van der Waals surface area contributed by atoms with E-state index in [1.165, 1.54) is 19.3 Å². The van der Waals surface area contributed by atoms with Crippen LogP contribution in [-0.2, 0) is 7.05 Å². The number of aryl methyl sites for hydroxylation is 1. The summed E-state index contributed by atoms with van der Waals surface area (Å²) in [4.78, 5) is 8.76. The molecule has 0 bridgehead atoms. The topological polar surface area (TPSA) is 92.7 Å². The Labute approximate surface area is 187 Å². The largest absolute Gasteiger partial charge is 0.622 e. The summed E-state index contributed by atoms with van der Waals surface area (Å²) in [6.45, 7) is 1.71. The number of hydrogen-bond acceptors (Lipinski definition) is 7. The number of hydroxylamine groups is 1. The molecule has 9 nitrogen and oxygen atoms in total. The average molecular weight is 441 g/mol. The summed E-state index contributed by atoms with van der Waals surface area (Å²) in [7, 11) is 3.51. The normalized spacial score (nSPS) is 20.3. The van der Waals surface area contributed by atoms with Crippen molar-refractivity contribution in [1.29, 1.82) is 0 Å². The summed E-state index contributed by atoms with van der Waals surface area (Å²) in [5, 5.41) is 29.3. The number of aliphatic hydroxyl groups excluding tert-OH is 1. The highest BCUT2D eigenvalue weighted by atomic mass is 16.5. The Morgan fingerprint density at radius 1 is 1.12 bits per heavy atom. The molecule has 172 valence electrons. The second kappa shape index (κ2) is 8.61. The number of nitrogens with zero attached hydrogens (tertiary/aromatic N) is 6. The lowest BCUT2D eigenvalue weighted by atomic mass is 9.87. The van der Waals surface area contributed by atoms with Crippen molar-refractivity contribution in [3.8, 4) is 5.88 Å². The maximum atomic E-state index is 13.2. The Balaban J connectivity index is 1.48. The van der Waals surface area contributed by atoms with Crippen molar-refractivity contribution in [2.45, 2.75) is 57.0 Å². The van der Waals surface area contributed by atoms with Gasteiger partial charge in [0.25, 0.3) is 5.36 Å². The zero-order valence-corrected chi connectivity index (χ0v) is 18.9. The average Bonchev–Trinajstić information content (AvgIpc) is 3.16. The smallest absolute Gasteiger partial charge is 0.263 e. The minimum Gasteiger partial charge on any atom is -0.622 e. The first-order chi connectivity index (χ1) is 15.5. The fourth-order valence-electron chi connectivity index (χ4n) is 5.21. The maximum absolute atomic E-state index is 13.2. The second-order valence-corrected chi connectivity index (χ2v) is 9.11. The lowest BCUT2D eigenvalue weighted by Gasteiger charge is -2.31. The highest BCUT2D eigenvalue weighted by Crippen LogP contribution is 2.32. The van der Waals surface area contributed by atoms with E-state index >= 15 is 0 Å². The van der Waals surface area contributed by atoms with Crippen LogP contribution in [0.25, 0.3) is 6.20 Å². The third kappa shape index (κ3) is 3.79. The van der Waals surface area contributed by atoms with Crippen LogP contribution in [0.2, 0.25) is 0 Å². The number of pyridine rings is 1. The molecule has 4 heterocycles. The van der Waals surface area contributed by atoms with Crippen LogP contribution in [0.1, 0.15) is 56.6 Å². The van der Waals surface area contributed by atoms with Gasteiger partial charge in [-0.3, -0.25) is 9.58 Å². The predicted molar refractivity (Wildman–Crippen MR) is 123 cm³/mol. The number of aromatic nitrogens is 3. The van der Waals surface area contributed by atoms with Gasteiger partial charge < -0.3 is 20.0 Å². The molecule has 5 rings (SSSR count). The van der Waals surface area contributed by atoms with Crippen LogP contribution in [0.3, 0.4) is 0 Å². The van der Waals surface area contributed by atoms with Crippen molar-refractivity contribution in [3.05, 3.63) is 33.7 Å². The fourth-order valence-corrected chi connectivity index (χ4v) is 5.21. The van der Waals surface area contributed by atoms with Crippen LogP contribution in [0.15, 0.2) is 12.1 Å². The molecule has 9 heteroatoms. The Morgan fingerprint density at radius 3 is 2.59 bits per heavy atom. The van der Waals surface area contributed by atoms with Gasteiger partial charge in [0.1, 0.15) is 22.5 Å². The SMILES string of the molecule is COc1nc(N2CCC(O)CC2)ccc1N1C=c2c(c(C3CCCCC3)nn2C)=[N+]([O-])C1. The quantitative estimate of drug-likeness (QED) is 0.561. The van der Waals surface area contributed by atoms with Crippen LogP contribution in [-0.4, -0.2) is 52.8 Å². The van der Waals surface area contributed by atoms with Gasteiger partial charge in [0, 0.05) is 32.3 Å². The molecule has 3 aliphatic rings. The molecule has 0 spiro atoms. The molecule has 2 aromatic heterocycles. The van der Waals surface area contributed by atoms with Gasteiger partial charge in [-0.15, -0.1) is 0 Å². The van der Waals surface area contributed by atoms with Crippen LogP contribution in [0, 0.1) is 5.21 Å². The Morgan fingerprint density at radius 2 is 1.88 bits per heavy atom. The standard InChI is InChI=1S/C23H32N6O3/c1-26-19-14-28(15-29(31)22(19)21(25-26)16-6-4-3-5-7-16)18-8-9-20(24-23(18)32-2)27-12-10-17(30)11-13-27/h8-9,14,16-17,30H,3-7,10-13,15H2,1-2H3. The molecular formula is C23H32N6O3. The minimum absolute atomic E-state index is 0.172. The minimum atomic E-state index is -0.231. The molecule has 1 aliphatic carbocycles. The highest BCUT2D eigenvalue weighted by Gasteiger charge is 2.29. The zero-order chi connectivity index (χ0) is 22.2. The third-order valence-electron chi connectivity index (χ3n) is 7.01. The monoisotopic (exact) mass is 440 g/mol. The van der Waals surface area contributed by atoms with Crippen LogP contribution >= 0.6 is 0 Å². The van der Waals surface area contributed by atoms with Crippen molar-refractivity contribution in [2.75, 3.05) is 36.7 Å². The van der Waals surface area contributed by atoms with Crippen LogP contribution in [0.4, 0.5) is 11.5 Å². The molecule has 2 fully saturated rings. The van der Waals surface area contributed by atoms with Gasteiger partial charge in [0.2, 0.25) is 12.5 Å². The Hall–Kier alpha value is -2.81. The molecule has 1 N–H and O–H groups in total. The van der Waals surface area contributed by atoms with E-state index in [4.69, 9.17) is 14.8 Å². The molecule has 0 unspecified atom stereocenters. The van der Waals surface area contributed by atoms with E-state index in [0.717, 1.165) is 66.1 Å². The third-order valence-corrected chi connectivity index (χ3v) is 7.01. The van der Waals surface area contributed by atoms with E-state index in [0.29, 0.717) is 17.2 Å². The maximum Gasteiger partial charge on any atom is 0.263 e. The Bertz CT molecular complexity index is 1100. The van der Waals surface area contributed by atoms with Gasteiger partial charge in [0.15, 0.2) is 0 Å². The number of methoxy groups -OCH3 is 1. The molecule has 0 atom stereocenters. The summed E-state index contributed by atoms with van der Waals surface area (Å²) in [5.74, 6) is 1.68. The van der Waals surface area contributed by atoms with E-state index < -0.39 is 0 Å². The van der Waals surface area contributed by atoms with Crippen LogP contribution < -0.4 is 30.0 Å². The van der Waals surface area contributed by atoms with Gasteiger partial charge in [-0.1, -0.05) is 19.3 Å². The van der Waals surface area contributed by atoms with E-state index in [1.807, 2.05) is 35.0 Å². The van der Waals surface area contributed by atoms with Gasteiger partial charge in [-0.2, -0.15) is 14.8 Å². The molecule has 1 saturated heterocycles. The molecule has 0 radical (unpaired) electrons. The first-order valence-electron chi connectivity index (χ1n) is 11.7. The van der Waals surface area contributed by atoms with Crippen molar-refractivity contribution in [1.82, 2.24) is 19.5 Å². The molecule has 2 aliphatic heterocycles. The lowest BCUT2D eigenvalue weighted by Crippen LogP contribution is -2.50. The lowest BCUT2D eigenvalue weighted by molar-refractivity contribution is 0.145. The van der Waals surface area contributed by atoms with E-state index in [-0.39, 0.29) is 12.8 Å². The number of anilines is 2. The molecule has 32 heavy (non-hydrogen) atoms. The predicted octanol–water partition coefficient (Wildman–Crippen LogP) is 1.04. The summed E-state index contributed by atoms with van der Waals surface area (Å²) < 4.78 is 8.50. The number of piperidine rings is 1. The van der Waals surface area contributed by atoms with Gasteiger partial charge in [-0.25, -0.2) is 0 Å². The number of rotatable bonds is 4. The number of hydrogen-bond donors (Lipinski definition) is 1. The number of ether oxygens (including phenoxy) is 1. The van der Waals surface area contributed by atoms with Crippen molar-refractivity contribution >= 4 is 17.7 Å². The van der Waals surface area contributed by atoms with Gasteiger partial charge in [-0.05, 0) is 37.8 Å².